The number of amides is 1. The molecule has 3 rings (SSSR count). The zero-order chi connectivity index (χ0) is 15.5. The number of nitrogens with one attached hydrogen (secondary N) is 2. The minimum absolute atomic E-state index is 0. The smallest absolute Gasteiger partial charge is 0.271 e. The molecule has 7 heteroatoms. The van der Waals surface area contributed by atoms with Gasteiger partial charge in [-0.1, -0.05) is 17.7 Å². The number of carbonyl (C=O) groups is 1. The van der Waals surface area contributed by atoms with Crippen molar-refractivity contribution < 1.29 is 4.79 Å². The second-order valence-electron chi connectivity index (χ2n) is 5.57. The van der Waals surface area contributed by atoms with E-state index < -0.39 is 0 Å². The van der Waals surface area contributed by atoms with Gasteiger partial charge in [-0.3, -0.25) is 14.7 Å². The number of aromatic nitrogens is 2. The van der Waals surface area contributed by atoms with Gasteiger partial charge in [0.1, 0.15) is 5.69 Å². The number of hydrogen-bond donors (Lipinski definition) is 2. The normalized spacial score (nSPS) is 14.9. The van der Waals surface area contributed by atoms with E-state index in [0.29, 0.717) is 18.8 Å². The third-order valence-corrected chi connectivity index (χ3v) is 3.87. The highest BCUT2D eigenvalue weighted by Crippen LogP contribution is 2.08. The van der Waals surface area contributed by atoms with Gasteiger partial charge in [0.15, 0.2) is 0 Å². The maximum atomic E-state index is 12.5. The molecule has 1 fully saturated rings. The summed E-state index contributed by atoms with van der Waals surface area (Å²) in [7, 11) is 0. The molecule has 1 aliphatic rings. The van der Waals surface area contributed by atoms with Crippen LogP contribution in [0.25, 0.3) is 5.69 Å². The highest BCUT2D eigenvalue weighted by Gasteiger charge is 2.20. The molecule has 6 nitrogen and oxygen atoms in total. The third-order valence-electron chi connectivity index (χ3n) is 3.87. The van der Waals surface area contributed by atoms with E-state index in [4.69, 9.17) is 0 Å². The van der Waals surface area contributed by atoms with Crippen LogP contribution in [0, 0.1) is 6.92 Å². The minimum Gasteiger partial charge on any atom is -0.336 e. The van der Waals surface area contributed by atoms with Gasteiger partial charge in [-0.05, 0) is 32.0 Å². The molecule has 0 saturated carbocycles. The molecule has 0 spiro atoms. The van der Waals surface area contributed by atoms with Crippen molar-refractivity contribution in [2.24, 2.45) is 0 Å². The molecule has 1 amide bonds. The molecule has 0 unspecified atom stereocenters. The van der Waals surface area contributed by atoms with Crippen molar-refractivity contribution in [3.05, 3.63) is 51.9 Å². The topological polar surface area (TPSA) is 70.1 Å². The highest BCUT2D eigenvalue weighted by atomic mass is 35.5. The summed E-state index contributed by atoms with van der Waals surface area (Å²) in [4.78, 5) is 26.4. The molecule has 0 atom stereocenters. The van der Waals surface area contributed by atoms with Crippen LogP contribution in [0.15, 0.2) is 35.1 Å². The second kappa shape index (κ2) is 7.48. The van der Waals surface area contributed by atoms with E-state index in [-0.39, 0.29) is 23.9 Å². The number of rotatable bonds is 2. The van der Waals surface area contributed by atoms with Crippen molar-refractivity contribution in [3.8, 4) is 5.69 Å². The second-order valence-corrected chi connectivity index (χ2v) is 5.57. The van der Waals surface area contributed by atoms with E-state index in [0.717, 1.165) is 30.8 Å². The summed E-state index contributed by atoms with van der Waals surface area (Å²) in [6.07, 6.45) is 0.925. The van der Waals surface area contributed by atoms with Gasteiger partial charge in [0.25, 0.3) is 11.5 Å². The summed E-state index contributed by atoms with van der Waals surface area (Å²) < 4.78 is 1.41. The Balaban J connectivity index is 0.00000192. The average molecular weight is 337 g/mol. The van der Waals surface area contributed by atoms with Crippen molar-refractivity contribution in [2.75, 3.05) is 26.2 Å². The Morgan fingerprint density at radius 2 is 1.87 bits per heavy atom. The number of halogens is 1. The Morgan fingerprint density at radius 3 is 2.61 bits per heavy atom. The quantitative estimate of drug-likeness (QED) is 0.869. The summed E-state index contributed by atoms with van der Waals surface area (Å²) in [6.45, 7) is 5.07. The van der Waals surface area contributed by atoms with Crippen molar-refractivity contribution in [3.63, 3.8) is 0 Å². The predicted octanol–water partition coefficient (Wildman–Crippen LogP) is 1.33. The lowest BCUT2D eigenvalue weighted by Crippen LogP contribution is -2.34. The SMILES string of the molecule is Cc1ccc(-n2[nH]c(C(=O)N3CCCNCC3)cc2=O)cc1.Cl. The first-order chi connectivity index (χ1) is 10.6. The molecule has 2 aromatic rings. The molecule has 1 aromatic heterocycles. The lowest BCUT2D eigenvalue weighted by Gasteiger charge is -2.18. The van der Waals surface area contributed by atoms with Gasteiger partial charge in [-0.25, -0.2) is 4.68 Å². The Bertz CT molecular complexity index is 712. The van der Waals surface area contributed by atoms with E-state index in [1.165, 1.54) is 10.7 Å². The van der Waals surface area contributed by atoms with Crippen molar-refractivity contribution in [1.29, 1.82) is 0 Å². The first kappa shape index (κ1) is 17.3. The fraction of sp³-hybridized carbons (Fsp3) is 0.375. The molecule has 0 bridgehead atoms. The van der Waals surface area contributed by atoms with Crippen LogP contribution in [-0.4, -0.2) is 46.8 Å². The van der Waals surface area contributed by atoms with E-state index in [2.05, 4.69) is 10.4 Å². The van der Waals surface area contributed by atoms with E-state index >= 15 is 0 Å². The van der Waals surface area contributed by atoms with Crippen molar-refractivity contribution in [2.45, 2.75) is 13.3 Å². The molecule has 1 aromatic carbocycles. The van der Waals surface area contributed by atoms with Crippen LogP contribution >= 0.6 is 12.4 Å². The standard InChI is InChI=1S/C16H20N4O2.ClH/c1-12-3-5-13(6-4-12)20-15(21)11-14(18-20)16(22)19-9-2-7-17-8-10-19;/h3-6,11,17-18H,2,7-10H2,1H3;1H. The molecule has 2 heterocycles. The van der Waals surface area contributed by atoms with Gasteiger partial charge in [0.2, 0.25) is 0 Å². The number of aryl methyl sites for hydroxylation is 1. The Hall–Kier alpha value is -2.05. The lowest BCUT2D eigenvalue weighted by atomic mass is 10.2. The molecule has 0 radical (unpaired) electrons. The maximum absolute atomic E-state index is 12.5. The van der Waals surface area contributed by atoms with Crippen LogP contribution in [0.2, 0.25) is 0 Å². The van der Waals surface area contributed by atoms with E-state index in [9.17, 15) is 9.59 Å². The number of H-pyrrole nitrogens is 1. The fourth-order valence-corrected chi connectivity index (χ4v) is 2.61. The van der Waals surface area contributed by atoms with Crippen LogP contribution in [0.4, 0.5) is 0 Å². The van der Waals surface area contributed by atoms with Crippen molar-refractivity contribution in [1.82, 2.24) is 20.0 Å². The van der Waals surface area contributed by atoms with Crippen LogP contribution < -0.4 is 10.9 Å². The summed E-state index contributed by atoms with van der Waals surface area (Å²) in [5, 5.41) is 6.19. The van der Waals surface area contributed by atoms with Gasteiger partial charge in [0.05, 0.1) is 5.69 Å². The number of hydrogen-bond acceptors (Lipinski definition) is 3. The zero-order valence-corrected chi connectivity index (χ0v) is 13.9. The number of aromatic amines is 1. The highest BCUT2D eigenvalue weighted by molar-refractivity contribution is 5.92. The average Bonchev–Trinajstić information content (AvgIpc) is 2.74. The fourth-order valence-electron chi connectivity index (χ4n) is 2.61. The van der Waals surface area contributed by atoms with Gasteiger partial charge in [0, 0.05) is 25.7 Å². The van der Waals surface area contributed by atoms with Crippen LogP contribution in [-0.2, 0) is 0 Å². The van der Waals surface area contributed by atoms with Crippen molar-refractivity contribution >= 4 is 18.3 Å². The Morgan fingerprint density at radius 1 is 1.13 bits per heavy atom. The molecule has 124 valence electrons. The Kier molecular flexibility index (Phi) is 5.63. The van der Waals surface area contributed by atoms with Crippen LogP contribution in [0.1, 0.15) is 22.5 Å². The maximum Gasteiger partial charge on any atom is 0.271 e. The van der Waals surface area contributed by atoms with Gasteiger partial charge in [-0.2, -0.15) is 0 Å². The summed E-state index contributed by atoms with van der Waals surface area (Å²) in [5.41, 5.74) is 1.97. The molecule has 1 aliphatic heterocycles. The summed E-state index contributed by atoms with van der Waals surface area (Å²) in [5.74, 6) is -0.119. The first-order valence-corrected chi connectivity index (χ1v) is 7.54. The largest absolute Gasteiger partial charge is 0.336 e. The van der Waals surface area contributed by atoms with Crippen LogP contribution in [0.5, 0.6) is 0 Å². The minimum atomic E-state index is -0.222. The van der Waals surface area contributed by atoms with E-state index in [1.807, 2.05) is 31.2 Å². The van der Waals surface area contributed by atoms with Gasteiger partial charge >= 0.3 is 0 Å². The summed E-state index contributed by atoms with van der Waals surface area (Å²) >= 11 is 0. The van der Waals surface area contributed by atoms with Gasteiger partial charge in [-0.15, -0.1) is 12.4 Å². The number of carbonyl (C=O) groups excluding carboxylic acids is 1. The number of nitrogens with zero attached hydrogens (tertiary/aromatic N) is 2. The molecular formula is C16H21ClN4O2. The molecular weight excluding hydrogens is 316 g/mol. The third kappa shape index (κ3) is 3.83. The molecule has 2 N–H and O–H groups in total. The van der Waals surface area contributed by atoms with Gasteiger partial charge < -0.3 is 10.2 Å². The predicted molar refractivity (Wildman–Crippen MR) is 91.8 cm³/mol. The molecule has 0 aliphatic carbocycles. The molecule has 23 heavy (non-hydrogen) atoms. The zero-order valence-electron chi connectivity index (χ0n) is 13.0. The van der Waals surface area contributed by atoms with E-state index in [1.54, 1.807) is 4.90 Å². The summed E-state index contributed by atoms with van der Waals surface area (Å²) in [6, 6.07) is 8.96. The Labute approximate surface area is 140 Å². The molecule has 1 saturated heterocycles. The number of benzene rings is 1. The monoisotopic (exact) mass is 336 g/mol. The van der Waals surface area contributed by atoms with Crippen LogP contribution in [0.3, 0.4) is 0 Å². The first-order valence-electron chi connectivity index (χ1n) is 7.54. The lowest BCUT2D eigenvalue weighted by molar-refractivity contribution is 0.0760.